The van der Waals surface area contributed by atoms with E-state index in [1.165, 1.54) is 0 Å². The van der Waals surface area contributed by atoms with Gasteiger partial charge < -0.3 is 25.8 Å². The van der Waals surface area contributed by atoms with Gasteiger partial charge in [0.25, 0.3) is 0 Å². The molecule has 30 heavy (non-hydrogen) atoms. The Hall–Kier alpha value is -2.77. The molecule has 0 aliphatic carbocycles. The van der Waals surface area contributed by atoms with E-state index in [9.17, 15) is 9.59 Å². The fourth-order valence-corrected chi connectivity index (χ4v) is 4.11. The molecule has 0 aromatic heterocycles. The maximum atomic E-state index is 12.3. The van der Waals surface area contributed by atoms with Gasteiger partial charge in [0.05, 0.1) is 0 Å². The lowest BCUT2D eigenvalue weighted by molar-refractivity contribution is -0.121. The van der Waals surface area contributed by atoms with Crippen LogP contribution in [0.3, 0.4) is 0 Å². The highest BCUT2D eigenvalue weighted by atomic mass is 16.2. The lowest BCUT2D eigenvalue weighted by atomic mass is 9.93. The summed E-state index contributed by atoms with van der Waals surface area (Å²) in [5.74, 6) is 1.43. The first-order valence-corrected chi connectivity index (χ1v) is 10.9. The Labute approximate surface area is 179 Å². The third kappa shape index (κ3) is 6.11. The number of urea groups is 1. The van der Waals surface area contributed by atoms with E-state index in [2.05, 4.69) is 25.8 Å². The first-order chi connectivity index (χ1) is 14.6. The van der Waals surface area contributed by atoms with Gasteiger partial charge in [0, 0.05) is 58.9 Å². The van der Waals surface area contributed by atoms with Crippen LogP contribution in [0.2, 0.25) is 0 Å². The SMILES string of the molecule is CN=C(NCc1cccc(NC(=O)N2CCCC2)c1)N1CCC(CC(=O)NC)CC1. The molecule has 3 amide bonds. The number of guanidine groups is 1. The monoisotopic (exact) mass is 414 g/mol. The zero-order valence-electron chi connectivity index (χ0n) is 18.1. The number of amides is 3. The third-order valence-corrected chi connectivity index (χ3v) is 5.90. The molecular weight excluding hydrogens is 380 g/mol. The van der Waals surface area contributed by atoms with Gasteiger partial charge in [-0.2, -0.15) is 0 Å². The largest absolute Gasteiger partial charge is 0.359 e. The minimum absolute atomic E-state index is 0.0203. The number of hydrogen-bond donors (Lipinski definition) is 3. The number of nitrogens with zero attached hydrogens (tertiary/aromatic N) is 3. The Morgan fingerprint density at radius 2 is 1.83 bits per heavy atom. The van der Waals surface area contributed by atoms with E-state index in [1.807, 2.05) is 29.2 Å². The van der Waals surface area contributed by atoms with Gasteiger partial charge in [-0.15, -0.1) is 0 Å². The first-order valence-electron chi connectivity index (χ1n) is 10.9. The van der Waals surface area contributed by atoms with Crippen LogP contribution < -0.4 is 16.0 Å². The predicted molar refractivity (Wildman–Crippen MR) is 119 cm³/mol. The molecule has 2 fully saturated rings. The van der Waals surface area contributed by atoms with Crippen LogP contribution in [0.15, 0.2) is 29.3 Å². The maximum absolute atomic E-state index is 12.3. The van der Waals surface area contributed by atoms with Crippen molar-refractivity contribution < 1.29 is 9.59 Å². The van der Waals surface area contributed by atoms with Crippen molar-refractivity contribution in [2.75, 3.05) is 45.6 Å². The van der Waals surface area contributed by atoms with Crippen LogP contribution >= 0.6 is 0 Å². The van der Waals surface area contributed by atoms with Crippen molar-refractivity contribution in [1.29, 1.82) is 0 Å². The minimum Gasteiger partial charge on any atom is -0.359 e. The van der Waals surface area contributed by atoms with E-state index in [0.717, 1.165) is 69.1 Å². The summed E-state index contributed by atoms with van der Waals surface area (Å²) in [6.07, 6.45) is 4.75. The smallest absolute Gasteiger partial charge is 0.321 e. The van der Waals surface area contributed by atoms with Crippen LogP contribution in [0.25, 0.3) is 0 Å². The summed E-state index contributed by atoms with van der Waals surface area (Å²) in [4.78, 5) is 32.4. The summed E-state index contributed by atoms with van der Waals surface area (Å²) in [7, 11) is 3.49. The van der Waals surface area contributed by atoms with E-state index >= 15 is 0 Å². The van der Waals surface area contributed by atoms with Gasteiger partial charge in [0.15, 0.2) is 5.96 Å². The maximum Gasteiger partial charge on any atom is 0.321 e. The van der Waals surface area contributed by atoms with Crippen molar-refractivity contribution in [1.82, 2.24) is 20.4 Å². The molecule has 3 rings (SSSR count). The normalized spacial score (nSPS) is 17.7. The number of likely N-dealkylation sites (tertiary alicyclic amines) is 2. The average molecular weight is 415 g/mol. The lowest BCUT2D eigenvalue weighted by Crippen LogP contribution is -2.45. The lowest BCUT2D eigenvalue weighted by Gasteiger charge is -2.34. The molecule has 0 radical (unpaired) electrons. The van der Waals surface area contributed by atoms with Gasteiger partial charge in [0.1, 0.15) is 0 Å². The topological polar surface area (TPSA) is 89.1 Å². The van der Waals surface area contributed by atoms with Gasteiger partial charge in [-0.3, -0.25) is 9.79 Å². The van der Waals surface area contributed by atoms with E-state index in [-0.39, 0.29) is 11.9 Å². The third-order valence-electron chi connectivity index (χ3n) is 5.90. The molecule has 8 nitrogen and oxygen atoms in total. The van der Waals surface area contributed by atoms with Crippen LogP contribution in [-0.4, -0.2) is 68.0 Å². The molecule has 0 saturated carbocycles. The fraction of sp³-hybridized carbons (Fsp3) is 0.591. The molecule has 1 aromatic rings. The van der Waals surface area contributed by atoms with E-state index < -0.39 is 0 Å². The van der Waals surface area contributed by atoms with Crippen LogP contribution in [-0.2, 0) is 11.3 Å². The molecule has 2 saturated heterocycles. The Morgan fingerprint density at radius 3 is 2.50 bits per heavy atom. The second kappa shape index (κ2) is 10.8. The second-order valence-electron chi connectivity index (χ2n) is 8.03. The molecule has 8 heteroatoms. The van der Waals surface area contributed by atoms with Crippen molar-refractivity contribution >= 4 is 23.6 Å². The highest BCUT2D eigenvalue weighted by Crippen LogP contribution is 2.20. The minimum atomic E-state index is -0.0203. The summed E-state index contributed by atoms with van der Waals surface area (Å²) >= 11 is 0. The summed E-state index contributed by atoms with van der Waals surface area (Å²) in [5.41, 5.74) is 1.90. The van der Waals surface area contributed by atoms with Gasteiger partial charge in [0.2, 0.25) is 5.91 Å². The highest BCUT2D eigenvalue weighted by molar-refractivity contribution is 5.89. The first kappa shape index (κ1) is 21.9. The fourth-order valence-electron chi connectivity index (χ4n) is 4.11. The zero-order valence-corrected chi connectivity index (χ0v) is 18.1. The summed E-state index contributed by atoms with van der Waals surface area (Å²) in [6, 6.07) is 7.91. The van der Waals surface area contributed by atoms with Crippen LogP contribution in [0.5, 0.6) is 0 Å². The zero-order chi connectivity index (χ0) is 21.3. The standard InChI is InChI=1S/C22H34N6O2/c1-23-20(29)15-17-8-12-27(13-9-17)21(24-2)25-16-18-6-5-7-19(14-18)26-22(30)28-10-3-4-11-28/h5-7,14,17H,3-4,8-13,15-16H2,1-2H3,(H,23,29)(H,24,25)(H,26,30). The number of benzene rings is 1. The molecule has 0 spiro atoms. The molecule has 2 heterocycles. The Bertz CT molecular complexity index is 752. The molecule has 1 aromatic carbocycles. The number of carbonyl (C=O) groups is 2. The molecular formula is C22H34N6O2. The van der Waals surface area contributed by atoms with Crippen molar-refractivity contribution in [3.05, 3.63) is 29.8 Å². The van der Waals surface area contributed by atoms with Crippen molar-refractivity contribution in [2.45, 2.75) is 38.6 Å². The number of rotatable bonds is 5. The number of aliphatic imine (C=N–C) groups is 1. The average Bonchev–Trinajstić information content (AvgIpc) is 3.30. The second-order valence-corrected chi connectivity index (χ2v) is 8.03. The highest BCUT2D eigenvalue weighted by Gasteiger charge is 2.23. The van der Waals surface area contributed by atoms with Gasteiger partial charge in [-0.05, 0) is 49.3 Å². The summed E-state index contributed by atoms with van der Waals surface area (Å²) in [6.45, 7) is 4.10. The Balaban J connectivity index is 1.48. The van der Waals surface area contributed by atoms with Gasteiger partial charge in [-0.1, -0.05) is 12.1 Å². The van der Waals surface area contributed by atoms with Gasteiger partial charge >= 0.3 is 6.03 Å². The van der Waals surface area contributed by atoms with Crippen LogP contribution in [0, 0.1) is 5.92 Å². The van der Waals surface area contributed by atoms with Gasteiger partial charge in [-0.25, -0.2) is 4.79 Å². The molecule has 0 unspecified atom stereocenters. The number of carbonyl (C=O) groups excluding carboxylic acids is 2. The van der Waals surface area contributed by atoms with Crippen molar-refractivity contribution in [2.24, 2.45) is 10.9 Å². The summed E-state index contributed by atoms with van der Waals surface area (Å²) in [5, 5.41) is 9.14. The van der Waals surface area contributed by atoms with E-state index in [4.69, 9.17) is 0 Å². The molecule has 2 aliphatic rings. The number of hydrogen-bond acceptors (Lipinski definition) is 3. The number of nitrogens with one attached hydrogen (secondary N) is 3. The molecule has 0 bridgehead atoms. The van der Waals surface area contributed by atoms with Crippen molar-refractivity contribution in [3.63, 3.8) is 0 Å². The Morgan fingerprint density at radius 1 is 1.10 bits per heavy atom. The quantitative estimate of drug-likeness (QED) is 0.509. The molecule has 164 valence electrons. The van der Waals surface area contributed by atoms with Crippen LogP contribution in [0.1, 0.15) is 37.7 Å². The van der Waals surface area contributed by atoms with E-state index in [1.54, 1.807) is 14.1 Å². The molecule has 2 aliphatic heterocycles. The summed E-state index contributed by atoms with van der Waals surface area (Å²) < 4.78 is 0. The molecule has 3 N–H and O–H groups in total. The molecule has 0 atom stereocenters. The predicted octanol–water partition coefficient (Wildman–Crippen LogP) is 2.24. The van der Waals surface area contributed by atoms with E-state index in [0.29, 0.717) is 18.9 Å². The number of anilines is 1. The van der Waals surface area contributed by atoms with Crippen molar-refractivity contribution in [3.8, 4) is 0 Å². The Kier molecular flexibility index (Phi) is 7.93. The number of piperidine rings is 1. The van der Waals surface area contributed by atoms with Crippen LogP contribution in [0.4, 0.5) is 10.5 Å².